The van der Waals surface area contributed by atoms with Gasteiger partial charge in [-0.2, -0.15) is 0 Å². The molecule has 1 saturated heterocycles. The van der Waals surface area contributed by atoms with E-state index in [0.29, 0.717) is 11.4 Å². The molecule has 0 spiro atoms. The molecule has 3 nitrogen and oxygen atoms in total. The largest absolute Gasteiger partial charge is 0.495 e. The Hall–Kier alpha value is -1.10. The summed E-state index contributed by atoms with van der Waals surface area (Å²) >= 11 is 5.63. The van der Waals surface area contributed by atoms with Gasteiger partial charge in [0.15, 0.2) is 0 Å². The molecule has 2 rings (SSSR count). The summed E-state index contributed by atoms with van der Waals surface area (Å²) in [5.41, 5.74) is 1.42. The van der Waals surface area contributed by atoms with Crippen molar-refractivity contribution in [2.45, 2.75) is 38.9 Å². The first-order valence-electron chi connectivity index (χ1n) is 6.98. The van der Waals surface area contributed by atoms with Crippen molar-refractivity contribution in [1.82, 2.24) is 0 Å². The summed E-state index contributed by atoms with van der Waals surface area (Å²) in [5.74, 6) is 0.440. The number of alkyl halides is 1. The monoisotopic (exact) mass is 306 g/mol. The summed E-state index contributed by atoms with van der Waals surface area (Å²) in [6, 6.07) is 5.62. The Labute approximate surface area is 131 Å². The van der Waals surface area contributed by atoms with Gasteiger partial charge in [-0.25, -0.2) is 0 Å². The lowest BCUT2D eigenvalue weighted by molar-refractivity contribution is 0.00578. The maximum Gasteiger partial charge on any atom is 0.495 e. The predicted molar refractivity (Wildman–Crippen MR) is 87.3 cm³/mol. The molecule has 0 amide bonds. The van der Waals surface area contributed by atoms with Gasteiger partial charge in [-0.1, -0.05) is 24.3 Å². The van der Waals surface area contributed by atoms with Crippen LogP contribution >= 0.6 is 11.6 Å². The molecule has 1 aromatic rings. The zero-order valence-corrected chi connectivity index (χ0v) is 13.6. The number of allylic oxidation sites excluding steroid dienone is 1. The fourth-order valence-corrected chi connectivity index (χ4v) is 2.25. The molecule has 1 aromatic carbocycles. The Bertz CT molecular complexity index is 551. The first-order chi connectivity index (χ1) is 9.80. The molecule has 112 valence electrons. The Morgan fingerprint density at radius 3 is 2.33 bits per heavy atom. The molecule has 0 aliphatic carbocycles. The lowest BCUT2D eigenvalue weighted by Gasteiger charge is -2.32. The highest BCUT2D eigenvalue weighted by molar-refractivity contribution is 6.63. The summed E-state index contributed by atoms with van der Waals surface area (Å²) in [6.45, 7) is 7.96. The number of carbonyl (C=O) groups is 1. The highest BCUT2D eigenvalue weighted by Crippen LogP contribution is 2.36. The molecule has 1 aliphatic rings. The molecule has 1 aliphatic heterocycles. The van der Waals surface area contributed by atoms with Crippen molar-refractivity contribution in [1.29, 1.82) is 0 Å². The molecule has 0 radical (unpaired) electrons. The number of hydrogen-bond donors (Lipinski definition) is 0. The number of benzene rings is 1. The van der Waals surface area contributed by atoms with Gasteiger partial charge in [-0.15, -0.1) is 11.6 Å². The number of halogens is 1. The van der Waals surface area contributed by atoms with Crippen LogP contribution in [0.15, 0.2) is 24.3 Å². The molecular weight excluding hydrogens is 286 g/mol. The van der Waals surface area contributed by atoms with E-state index in [-0.39, 0.29) is 0 Å². The number of aldehydes is 1. The van der Waals surface area contributed by atoms with Gasteiger partial charge < -0.3 is 9.31 Å². The van der Waals surface area contributed by atoms with Gasteiger partial charge in [0.2, 0.25) is 0 Å². The fraction of sp³-hybridized carbons (Fsp3) is 0.438. The first-order valence-corrected chi connectivity index (χ1v) is 7.51. The minimum atomic E-state index is -0.527. The molecule has 0 aromatic heterocycles. The topological polar surface area (TPSA) is 35.5 Å². The molecule has 5 heteroatoms. The van der Waals surface area contributed by atoms with E-state index in [4.69, 9.17) is 20.9 Å². The van der Waals surface area contributed by atoms with Crippen LogP contribution in [0.5, 0.6) is 0 Å². The van der Waals surface area contributed by atoms with Crippen molar-refractivity contribution >= 4 is 36.5 Å². The third kappa shape index (κ3) is 3.23. The van der Waals surface area contributed by atoms with Crippen molar-refractivity contribution in [3.63, 3.8) is 0 Å². The second-order valence-electron chi connectivity index (χ2n) is 6.15. The van der Waals surface area contributed by atoms with Gasteiger partial charge in [-0.3, -0.25) is 4.79 Å². The van der Waals surface area contributed by atoms with E-state index in [9.17, 15) is 4.79 Å². The Morgan fingerprint density at radius 2 is 1.81 bits per heavy atom. The quantitative estimate of drug-likeness (QED) is 0.487. The molecule has 0 atom stereocenters. The van der Waals surface area contributed by atoms with Gasteiger partial charge in [0.1, 0.15) is 6.29 Å². The normalized spacial score (nSPS) is 20.1. The van der Waals surface area contributed by atoms with E-state index in [1.165, 1.54) is 0 Å². The van der Waals surface area contributed by atoms with Crippen LogP contribution < -0.4 is 5.46 Å². The average Bonchev–Trinajstić information content (AvgIpc) is 2.64. The second kappa shape index (κ2) is 5.95. The molecular formula is C16H20BClO3. The zero-order valence-electron chi connectivity index (χ0n) is 12.9. The van der Waals surface area contributed by atoms with Crippen LogP contribution in [0.2, 0.25) is 0 Å². The number of rotatable bonds is 4. The van der Waals surface area contributed by atoms with Crippen molar-refractivity contribution in [3.8, 4) is 0 Å². The molecule has 0 unspecified atom stereocenters. The van der Waals surface area contributed by atoms with Gasteiger partial charge in [0.25, 0.3) is 0 Å². The zero-order chi connectivity index (χ0) is 15.7. The average molecular weight is 307 g/mol. The van der Waals surface area contributed by atoms with Gasteiger partial charge >= 0.3 is 7.12 Å². The predicted octanol–water partition coefficient (Wildman–Crippen LogP) is 3.05. The highest BCUT2D eigenvalue weighted by atomic mass is 35.5. The minimum absolute atomic E-state index is 0.422. The Kier molecular flexibility index (Phi) is 4.62. The third-order valence-corrected chi connectivity index (χ3v) is 4.32. The smallest absolute Gasteiger partial charge is 0.399 e. The van der Waals surface area contributed by atoms with Crippen LogP contribution in [0.4, 0.5) is 0 Å². The molecule has 1 fully saturated rings. The van der Waals surface area contributed by atoms with E-state index in [0.717, 1.165) is 17.3 Å². The third-order valence-electron chi connectivity index (χ3n) is 4.14. The standard InChI is InChI=1S/C16H20BClO3/c1-15(2)16(3,4)21-17(20-15)14-8-7-12(6-5-9-18)10-13(14)11-19/h5-8,10-11H,9H2,1-4H3/b6-5+. The maximum absolute atomic E-state index is 11.4. The van der Waals surface area contributed by atoms with Crippen LogP contribution in [0.1, 0.15) is 43.6 Å². The van der Waals surface area contributed by atoms with Gasteiger partial charge in [-0.05, 0) is 44.8 Å². The van der Waals surface area contributed by atoms with Crippen molar-refractivity contribution in [3.05, 3.63) is 35.4 Å². The molecule has 0 N–H and O–H groups in total. The number of hydrogen-bond acceptors (Lipinski definition) is 3. The Balaban J connectivity index is 2.33. The minimum Gasteiger partial charge on any atom is -0.399 e. The van der Waals surface area contributed by atoms with E-state index in [2.05, 4.69) is 0 Å². The molecule has 1 heterocycles. The van der Waals surface area contributed by atoms with Crippen molar-refractivity contribution in [2.24, 2.45) is 0 Å². The van der Waals surface area contributed by atoms with E-state index in [1.807, 2.05) is 58.0 Å². The van der Waals surface area contributed by atoms with Crippen LogP contribution in [0.3, 0.4) is 0 Å². The summed E-state index contributed by atoms with van der Waals surface area (Å²) in [4.78, 5) is 11.4. The summed E-state index contributed by atoms with van der Waals surface area (Å²) in [7, 11) is -0.527. The molecule has 0 bridgehead atoms. The van der Waals surface area contributed by atoms with Crippen LogP contribution in [-0.4, -0.2) is 30.5 Å². The maximum atomic E-state index is 11.4. The van der Waals surface area contributed by atoms with Crippen molar-refractivity contribution in [2.75, 3.05) is 5.88 Å². The second-order valence-corrected chi connectivity index (χ2v) is 6.46. The van der Waals surface area contributed by atoms with Crippen LogP contribution in [-0.2, 0) is 9.31 Å². The van der Waals surface area contributed by atoms with Gasteiger partial charge in [0, 0.05) is 11.4 Å². The lowest BCUT2D eigenvalue weighted by Crippen LogP contribution is -2.41. The summed E-state index contributed by atoms with van der Waals surface area (Å²) in [5, 5.41) is 0. The van der Waals surface area contributed by atoms with E-state index < -0.39 is 18.3 Å². The lowest BCUT2D eigenvalue weighted by atomic mass is 9.75. The fourth-order valence-electron chi connectivity index (χ4n) is 2.16. The number of carbonyl (C=O) groups excluding carboxylic acids is 1. The van der Waals surface area contributed by atoms with E-state index in [1.54, 1.807) is 0 Å². The van der Waals surface area contributed by atoms with Crippen molar-refractivity contribution < 1.29 is 14.1 Å². The Morgan fingerprint density at radius 1 is 1.19 bits per heavy atom. The highest BCUT2D eigenvalue weighted by Gasteiger charge is 2.52. The molecule has 0 saturated carbocycles. The first kappa shape index (κ1) is 16.3. The van der Waals surface area contributed by atoms with Gasteiger partial charge in [0.05, 0.1) is 11.2 Å². The molecule has 21 heavy (non-hydrogen) atoms. The SMILES string of the molecule is CC1(C)OB(c2ccc(/C=C/CCl)cc2C=O)OC1(C)C. The summed E-state index contributed by atoms with van der Waals surface area (Å²) in [6.07, 6.45) is 4.55. The van der Waals surface area contributed by atoms with Crippen LogP contribution in [0, 0.1) is 0 Å². The van der Waals surface area contributed by atoms with Crippen LogP contribution in [0.25, 0.3) is 6.08 Å². The van der Waals surface area contributed by atoms with E-state index >= 15 is 0 Å². The summed E-state index contributed by atoms with van der Waals surface area (Å²) < 4.78 is 12.0.